The normalized spacial score (nSPS) is 16.0. The molecule has 1 aromatic carbocycles. The molecule has 3 rings (SSSR count). The molecule has 0 spiro atoms. The van der Waals surface area contributed by atoms with E-state index in [1.165, 1.54) is 16.7 Å². The summed E-state index contributed by atoms with van der Waals surface area (Å²) >= 11 is 0. The van der Waals surface area contributed by atoms with Crippen molar-refractivity contribution >= 4 is 17.0 Å². The Labute approximate surface area is 120 Å². The van der Waals surface area contributed by atoms with Gasteiger partial charge in [0.25, 0.3) is 0 Å². The van der Waals surface area contributed by atoms with E-state index < -0.39 is 17.1 Å². The highest BCUT2D eigenvalue weighted by Gasteiger charge is 2.41. The summed E-state index contributed by atoms with van der Waals surface area (Å²) in [6, 6.07) is 4.42. The van der Waals surface area contributed by atoms with E-state index in [0.29, 0.717) is 17.6 Å². The molecule has 1 saturated carbocycles. The molecular formula is C15H16N2O4. The fraction of sp³-hybridized carbons (Fsp3) is 0.400. The lowest BCUT2D eigenvalue weighted by Gasteiger charge is -2.16. The van der Waals surface area contributed by atoms with Crippen LogP contribution in [0.25, 0.3) is 11.0 Å². The van der Waals surface area contributed by atoms with E-state index in [4.69, 9.17) is 5.11 Å². The van der Waals surface area contributed by atoms with Crippen molar-refractivity contribution in [3.8, 4) is 0 Å². The number of hydrogen-bond donors (Lipinski definition) is 2. The van der Waals surface area contributed by atoms with E-state index >= 15 is 0 Å². The maximum absolute atomic E-state index is 12.1. The lowest BCUT2D eigenvalue weighted by Crippen LogP contribution is -2.38. The van der Waals surface area contributed by atoms with Crippen molar-refractivity contribution in [1.82, 2.24) is 9.55 Å². The molecule has 0 atom stereocenters. The van der Waals surface area contributed by atoms with Gasteiger partial charge < -0.3 is 14.7 Å². The number of carboxylic acid groups (broad SMARTS) is 1. The molecular weight excluding hydrogens is 272 g/mol. The summed E-state index contributed by atoms with van der Waals surface area (Å²) in [6.07, 6.45) is 3.07. The van der Waals surface area contributed by atoms with Crippen LogP contribution in [-0.4, -0.2) is 20.6 Å². The third-order valence-electron chi connectivity index (χ3n) is 4.42. The van der Waals surface area contributed by atoms with Gasteiger partial charge in [-0.05, 0) is 42.9 Å². The largest absolute Gasteiger partial charge is 0.478 e. The minimum absolute atomic E-state index is 0.0833. The van der Waals surface area contributed by atoms with Gasteiger partial charge in [0, 0.05) is 6.54 Å². The van der Waals surface area contributed by atoms with Crippen molar-refractivity contribution in [1.29, 1.82) is 0 Å². The van der Waals surface area contributed by atoms with E-state index in [1.807, 2.05) is 0 Å². The molecule has 2 N–H and O–H groups in total. The lowest BCUT2D eigenvalue weighted by molar-refractivity contribution is 0.0697. The summed E-state index contributed by atoms with van der Waals surface area (Å²) in [5, 5.41) is 9.01. The minimum Gasteiger partial charge on any atom is -0.478 e. The molecule has 1 fully saturated rings. The predicted molar refractivity (Wildman–Crippen MR) is 77.7 cm³/mol. The van der Waals surface area contributed by atoms with Crippen LogP contribution in [0.4, 0.5) is 0 Å². The highest BCUT2D eigenvalue weighted by Crippen LogP contribution is 2.49. The molecule has 1 aliphatic rings. The number of aromatic amines is 1. The Kier molecular flexibility index (Phi) is 2.97. The van der Waals surface area contributed by atoms with Crippen molar-refractivity contribution in [2.75, 3.05) is 0 Å². The molecule has 1 aliphatic carbocycles. The zero-order valence-corrected chi connectivity index (χ0v) is 11.7. The number of carbonyl (C=O) groups is 1. The van der Waals surface area contributed by atoms with Gasteiger partial charge in [-0.2, -0.15) is 0 Å². The Hall–Kier alpha value is -2.37. The number of fused-ring (bicyclic) bond motifs is 1. The number of benzene rings is 1. The van der Waals surface area contributed by atoms with Crippen LogP contribution < -0.4 is 11.1 Å². The smallest absolute Gasteiger partial charge is 0.335 e. The molecule has 0 aliphatic heterocycles. The van der Waals surface area contributed by atoms with E-state index in [1.54, 1.807) is 6.07 Å². The highest BCUT2D eigenvalue weighted by atomic mass is 16.4. The first-order valence-electron chi connectivity index (χ1n) is 6.96. The number of H-pyrrole nitrogens is 1. The molecule has 2 aromatic rings. The third-order valence-corrected chi connectivity index (χ3v) is 4.42. The van der Waals surface area contributed by atoms with Crippen molar-refractivity contribution in [3.05, 3.63) is 44.5 Å². The van der Waals surface area contributed by atoms with Crippen LogP contribution in [0.1, 0.15) is 36.5 Å². The number of aromatic carboxylic acids is 1. The minimum atomic E-state index is -1.07. The Morgan fingerprint density at radius 3 is 2.67 bits per heavy atom. The number of aromatic nitrogens is 2. The maximum Gasteiger partial charge on any atom is 0.335 e. The average Bonchev–Trinajstić information content (AvgIpc) is 3.23. The van der Waals surface area contributed by atoms with E-state index in [9.17, 15) is 14.4 Å². The molecule has 0 radical (unpaired) electrons. The standard InChI is InChI=1S/C15H16N2O4/c1-2-15(5-6-15)8-17-11-4-3-9(14(20)21)7-10(11)16-12(18)13(17)19/h3-4,7H,2,5-6,8H2,1H3,(H,16,18)(H,20,21). The van der Waals surface area contributed by atoms with Gasteiger partial charge in [-0.1, -0.05) is 6.92 Å². The summed E-state index contributed by atoms with van der Waals surface area (Å²) < 4.78 is 1.48. The summed E-state index contributed by atoms with van der Waals surface area (Å²) in [5.74, 6) is -1.07. The second kappa shape index (κ2) is 4.58. The average molecular weight is 288 g/mol. The van der Waals surface area contributed by atoms with Crippen molar-refractivity contribution in [2.45, 2.75) is 32.7 Å². The SMILES string of the molecule is CCC1(Cn2c(=O)c(=O)[nH]c3cc(C(=O)O)ccc32)CC1. The quantitative estimate of drug-likeness (QED) is 0.835. The van der Waals surface area contributed by atoms with Gasteiger partial charge >= 0.3 is 17.1 Å². The van der Waals surface area contributed by atoms with Gasteiger partial charge in [0.1, 0.15) is 0 Å². The van der Waals surface area contributed by atoms with Gasteiger partial charge in [0.05, 0.1) is 16.6 Å². The molecule has 0 saturated heterocycles. The van der Waals surface area contributed by atoms with E-state index in [2.05, 4.69) is 11.9 Å². The Morgan fingerprint density at radius 2 is 2.10 bits per heavy atom. The molecule has 110 valence electrons. The predicted octanol–water partition coefficient (Wildman–Crippen LogP) is 1.58. The summed E-state index contributed by atoms with van der Waals surface area (Å²) in [6.45, 7) is 2.59. The number of rotatable bonds is 4. The summed E-state index contributed by atoms with van der Waals surface area (Å²) in [4.78, 5) is 37.4. The first-order valence-corrected chi connectivity index (χ1v) is 6.96. The first-order chi connectivity index (χ1) is 9.96. The fourth-order valence-electron chi connectivity index (χ4n) is 2.70. The molecule has 6 nitrogen and oxygen atoms in total. The zero-order valence-electron chi connectivity index (χ0n) is 11.7. The summed E-state index contributed by atoms with van der Waals surface area (Å²) in [5.41, 5.74) is -0.145. The van der Waals surface area contributed by atoms with Crippen LogP contribution in [0.5, 0.6) is 0 Å². The number of hydrogen-bond acceptors (Lipinski definition) is 3. The van der Waals surface area contributed by atoms with Gasteiger partial charge in [-0.15, -0.1) is 0 Å². The second-order valence-electron chi connectivity index (χ2n) is 5.74. The number of carboxylic acids is 1. The summed E-state index contributed by atoms with van der Waals surface area (Å²) in [7, 11) is 0. The maximum atomic E-state index is 12.1. The van der Waals surface area contributed by atoms with Crippen LogP contribution in [0, 0.1) is 5.41 Å². The van der Waals surface area contributed by atoms with Gasteiger partial charge in [-0.25, -0.2) is 4.79 Å². The molecule has 0 bridgehead atoms. The first kappa shape index (κ1) is 13.6. The number of nitrogens with zero attached hydrogens (tertiary/aromatic N) is 1. The second-order valence-corrected chi connectivity index (χ2v) is 5.74. The van der Waals surface area contributed by atoms with Crippen molar-refractivity contribution in [3.63, 3.8) is 0 Å². The van der Waals surface area contributed by atoms with Gasteiger partial charge in [0.15, 0.2) is 0 Å². The van der Waals surface area contributed by atoms with Gasteiger partial charge in [-0.3, -0.25) is 9.59 Å². The Balaban J connectivity index is 2.22. The number of nitrogens with one attached hydrogen (secondary N) is 1. The van der Waals surface area contributed by atoms with Crippen LogP contribution in [0.3, 0.4) is 0 Å². The Morgan fingerprint density at radius 1 is 1.38 bits per heavy atom. The third kappa shape index (κ3) is 2.26. The molecule has 0 amide bonds. The monoisotopic (exact) mass is 288 g/mol. The van der Waals surface area contributed by atoms with Crippen LogP contribution >= 0.6 is 0 Å². The van der Waals surface area contributed by atoms with Gasteiger partial charge in [0.2, 0.25) is 0 Å². The van der Waals surface area contributed by atoms with Crippen LogP contribution in [0.2, 0.25) is 0 Å². The van der Waals surface area contributed by atoms with Crippen molar-refractivity contribution in [2.24, 2.45) is 5.41 Å². The fourth-order valence-corrected chi connectivity index (χ4v) is 2.70. The Bertz CT molecular complexity index is 843. The zero-order chi connectivity index (χ0) is 15.2. The van der Waals surface area contributed by atoms with E-state index in [-0.39, 0.29) is 11.0 Å². The molecule has 1 heterocycles. The molecule has 1 aromatic heterocycles. The molecule has 21 heavy (non-hydrogen) atoms. The highest BCUT2D eigenvalue weighted by molar-refractivity contribution is 5.92. The van der Waals surface area contributed by atoms with Crippen LogP contribution in [0.15, 0.2) is 27.8 Å². The molecule has 6 heteroatoms. The van der Waals surface area contributed by atoms with Crippen molar-refractivity contribution < 1.29 is 9.90 Å². The lowest BCUT2D eigenvalue weighted by atomic mass is 10.0. The van der Waals surface area contributed by atoms with E-state index in [0.717, 1.165) is 19.3 Å². The topological polar surface area (TPSA) is 92.2 Å². The van der Waals surface area contributed by atoms with Crippen LogP contribution in [-0.2, 0) is 6.54 Å². The molecule has 0 unspecified atom stereocenters.